The predicted octanol–water partition coefficient (Wildman–Crippen LogP) is 2.36. The number of benzene rings is 1. The van der Waals surface area contributed by atoms with Crippen molar-refractivity contribution in [1.29, 1.82) is 0 Å². The van der Waals surface area contributed by atoms with Crippen LogP contribution in [0.25, 0.3) is 0 Å². The summed E-state index contributed by atoms with van der Waals surface area (Å²) in [6, 6.07) is 10.0. The Balaban J connectivity index is 2.03. The summed E-state index contributed by atoms with van der Waals surface area (Å²) in [5.74, 6) is 0.923. The van der Waals surface area contributed by atoms with Crippen molar-refractivity contribution in [2.75, 3.05) is 13.2 Å². The van der Waals surface area contributed by atoms with E-state index < -0.39 is 0 Å². The smallest absolute Gasteiger partial charge is 0.130 e. The van der Waals surface area contributed by atoms with Crippen molar-refractivity contribution in [2.24, 2.45) is 0 Å². The van der Waals surface area contributed by atoms with Gasteiger partial charge in [-0.25, -0.2) is 0 Å². The van der Waals surface area contributed by atoms with Gasteiger partial charge in [0.15, 0.2) is 0 Å². The molecule has 21 heavy (non-hydrogen) atoms. The maximum atomic E-state index is 8.79. The Bertz CT molecular complexity index is 547. The normalized spacial score (nSPS) is 10.6. The second-order valence-electron chi connectivity index (χ2n) is 5.07. The Kier molecular flexibility index (Phi) is 5.72. The van der Waals surface area contributed by atoms with Crippen molar-refractivity contribution in [3.63, 3.8) is 0 Å². The van der Waals surface area contributed by atoms with Gasteiger partial charge in [0, 0.05) is 19.3 Å². The molecule has 1 aromatic carbocycles. The SMILES string of the molecule is Cc1cc(CNCCO)cc(C)c1OCc1ccccn1. The van der Waals surface area contributed by atoms with Crippen LogP contribution in [-0.2, 0) is 13.2 Å². The van der Waals surface area contributed by atoms with Crippen LogP contribution in [0.4, 0.5) is 0 Å². The van der Waals surface area contributed by atoms with E-state index in [2.05, 4.69) is 36.3 Å². The highest BCUT2D eigenvalue weighted by Crippen LogP contribution is 2.25. The molecule has 0 radical (unpaired) electrons. The van der Waals surface area contributed by atoms with Crippen molar-refractivity contribution in [3.8, 4) is 5.75 Å². The number of hydrogen-bond acceptors (Lipinski definition) is 4. The molecule has 0 saturated heterocycles. The predicted molar refractivity (Wildman–Crippen MR) is 83.3 cm³/mol. The number of nitrogens with one attached hydrogen (secondary N) is 1. The molecule has 4 nitrogen and oxygen atoms in total. The van der Waals surface area contributed by atoms with Gasteiger partial charge in [-0.15, -0.1) is 0 Å². The van der Waals surface area contributed by atoms with Gasteiger partial charge in [-0.05, 0) is 42.7 Å². The number of rotatable bonds is 7. The molecule has 0 fully saturated rings. The van der Waals surface area contributed by atoms with E-state index in [1.807, 2.05) is 18.2 Å². The van der Waals surface area contributed by atoms with Crippen molar-refractivity contribution < 1.29 is 9.84 Å². The van der Waals surface area contributed by atoms with Crippen LogP contribution >= 0.6 is 0 Å². The van der Waals surface area contributed by atoms with Gasteiger partial charge in [-0.1, -0.05) is 18.2 Å². The molecule has 0 aliphatic carbocycles. The van der Waals surface area contributed by atoms with Crippen molar-refractivity contribution in [3.05, 3.63) is 58.9 Å². The minimum atomic E-state index is 0.156. The first kappa shape index (κ1) is 15.5. The van der Waals surface area contributed by atoms with Crippen molar-refractivity contribution >= 4 is 0 Å². The van der Waals surface area contributed by atoms with Crippen LogP contribution in [0.5, 0.6) is 5.75 Å². The summed E-state index contributed by atoms with van der Waals surface area (Å²) in [6.07, 6.45) is 1.77. The van der Waals surface area contributed by atoms with Gasteiger partial charge in [-0.3, -0.25) is 4.98 Å². The van der Waals surface area contributed by atoms with E-state index in [4.69, 9.17) is 9.84 Å². The maximum Gasteiger partial charge on any atom is 0.130 e. The first-order valence-electron chi connectivity index (χ1n) is 7.15. The summed E-state index contributed by atoms with van der Waals surface area (Å²) < 4.78 is 5.91. The summed E-state index contributed by atoms with van der Waals surface area (Å²) in [5.41, 5.74) is 4.35. The van der Waals surface area contributed by atoms with Crippen LogP contribution < -0.4 is 10.1 Å². The molecule has 2 aromatic rings. The highest BCUT2D eigenvalue weighted by atomic mass is 16.5. The van der Waals surface area contributed by atoms with Crippen LogP contribution in [0.1, 0.15) is 22.4 Å². The lowest BCUT2D eigenvalue weighted by Gasteiger charge is -2.14. The van der Waals surface area contributed by atoms with E-state index >= 15 is 0 Å². The molecule has 2 rings (SSSR count). The second kappa shape index (κ2) is 7.76. The van der Waals surface area contributed by atoms with Gasteiger partial charge in [-0.2, -0.15) is 0 Å². The zero-order valence-corrected chi connectivity index (χ0v) is 12.6. The van der Waals surface area contributed by atoms with Crippen molar-refractivity contribution in [2.45, 2.75) is 27.0 Å². The highest BCUT2D eigenvalue weighted by molar-refractivity contribution is 5.43. The molecule has 112 valence electrons. The number of aryl methyl sites for hydroxylation is 2. The first-order chi connectivity index (χ1) is 10.2. The molecule has 1 heterocycles. The standard InChI is InChI=1S/C17H22N2O2/c1-13-9-15(11-18-7-8-20)10-14(2)17(13)21-12-16-5-3-4-6-19-16/h3-6,9-10,18,20H,7-8,11-12H2,1-2H3. The summed E-state index contributed by atoms with van der Waals surface area (Å²) in [5, 5.41) is 12.0. The van der Waals surface area contributed by atoms with E-state index in [-0.39, 0.29) is 6.61 Å². The fraction of sp³-hybridized carbons (Fsp3) is 0.353. The first-order valence-corrected chi connectivity index (χ1v) is 7.15. The molecule has 4 heteroatoms. The van der Waals surface area contributed by atoms with Gasteiger partial charge < -0.3 is 15.2 Å². The van der Waals surface area contributed by atoms with E-state index in [0.29, 0.717) is 13.2 Å². The summed E-state index contributed by atoms with van der Waals surface area (Å²) in [4.78, 5) is 4.26. The summed E-state index contributed by atoms with van der Waals surface area (Å²) in [6.45, 7) is 6.10. The average molecular weight is 286 g/mol. The molecule has 2 N–H and O–H groups in total. The Morgan fingerprint density at radius 3 is 2.57 bits per heavy atom. The van der Waals surface area contributed by atoms with E-state index in [1.54, 1.807) is 6.20 Å². The Morgan fingerprint density at radius 1 is 1.19 bits per heavy atom. The molecule has 0 unspecified atom stereocenters. The van der Waals surface area contributed by atoms with Crippen LogP contribution in [0.3, 0.4) is 0 Å². The number of aliphatic hydroxyl groups excluding tert-OH is 1. The number of hydrogen-bond donors (Lipinski definition) is 2. The minimum Gasteiger partial charge on any atom is -0.487 e. The molecule has 0 bridgehead atoms. The molecular weight excluding hydrogens is 264 g/mol. The molecule has 0 aliphatic rings. The minimum absolute atomic E-state index is 0.156. The highest BCUT2D eigenvalue weighted by Gasteiger charge is 2.07. The van der Waals surface area contributed by atoms with Crippen LogP contribution in [0, 0.1) is 13.8 Å². The molecule has 0 saturated carbocycles. The average Bonchev–Trinajstić information content (AvgIpc) is 2.48. The Morgan fingerprint density at radius 2 is 1.95 bits per heavy atom. The van der Waals surface area contributed by atoms with Crippen LogP contribution in [-0.4, -0.2) is 23.2 Å². The van der Waals surface area contributed by atoms with Crippen molar-refractivity contribution in [1.82, 2.24) is 10.3 Å². The molecule has 0 atom stereocenters. The molecular formula is C17H22N2O2. The van der Waals surface area contributed by atoms with Gasteiger partial charge >= 0.3 is 0 Å². The zero-order chi connectivity index (χ0) is 15.1. The van der Waals surface area contributed by atoms with E-state index in [9.17, 15) is 0 Å². The number of aliphatic hydroxyl groups is 1. The maximum absolute atomic E-state index is 8.79. The largest absolute Gasteiger partial charge is 0.487 e. The Hall–Kier alpha value is -1.91. The monoisotopic (exact) mass is 286 g/mol. The molecule has 0 spiro atoms. The fourth-order valence-electron chi connectivity index (χ4n) is 2.31. The number of aromatic nitrogens is 1. The zero-order valence-electron chi connectivity index (χ0n) is 12.6. The summed E-state index contributed by atoms with van der Waals surface area (Å²) in [7, 11) is 0. The lowest BCUT2D eigenvalue weighted by Crippen LogP contribution is -2.17. The quantitative estimate of drug-likeness (QED) is 0.767. The molecule has 0 amide bonds. The second-order valence-corrected chi connectivity index (χ2v) is 5.07. The summed E-state index contributed by atoms with van der Waals surface area (Å²) >= 11 is 0. The topological polar surface area (TPSA) is 54.4 Å². The number of pyridine rings is 1. The van der Waals surface area contributed by atoms with Crippen LogP contribution in [0.2, 0.25) is 0 Å². The van der Waals surface area contributed by atoms with Gasteiger partial charge in [0.05, 0.1) is 12.3 Å². The van der Waals surface area contributed by atoms with Crippen LogP contribution in [0.15, 0.2) is 36.5 Å². The molecule has 0 aliphatic heterocycles. The third-order valence-corrected chi connectivity index (χ3v) is 3.23. The fourth-order valence-corrected chi connectivity index (χ4v) is 2.31. The van der Waals surface area contributed by atoms with Gasteiger partial charge in [0.25, 0.3) is 0 Å². The molecule has 1 aromatic heterocycles. The third kappa shape index (κ3) is 4.55. The lowest BCUT2D eigenvalue weighted by atomic mass is 10.1. The van der Waals surface area contributed by atoms with E-state index in [0.717, 1.165) is 29.1 Å². The Labute approximate surface area is 125 Å². The van der Waals surface area contributed by atoms with E-state index in [1.165, 1.54) is 5.56 Å². The van der Waals surface area contributed by atoms with Gasteiger partial charge in [0.1, 0.15) is 12.4 Å². The third-order valence-electron chi connectivity index (χ3n) is 3.23. The number of ether oxygens (including phenoxy) is 1. The number of nitrogens with zero attached hydrogens (tertiary/aromatic N) is 1. The lowest BCUT2D eigenvalue weighted by molar-refractivity contribution is 0.291. The van der Waals surface area contributed by atoms with Gasteiger partial charge in [0.2, 0.25) is 0 Å².